The predicted molar refractivity (Wildman–Crippen MR) is 137 cm³/mol. The van der Waals surface area contributed by atoms with Gasteiger partial charge in [-0.2, -0.15) is 4.31 Å². The van der Waals surface area contributed by atoms with Gasteiger partial charge in [-0.3, -0.25) is 14.5 Å². The van der Waals surface area contributed by atoms with Gasteiger partial charge in [0.05, 0.1) is 6.26 Å². The number of carbonyl (C=O) groups is 2. The van der Waals surface area contributed by atoms with Crippen molar-refractivity contribution in [1.29, 1.82) is 0 Å². The Kier molecular flexibility index (Phi) is 8.10. The maximum absolute atomic E-state index is 14.4. The molecule has 2 amide bonds. The van der Waals surface area contributed by atoms with Crippen molar-refractivity contribution in [3.8, 4) is 0 Å². The molecule has 1 aliphatic heterocycles. The highest BCUT2D eigenvalue weighted by Crippen LogP contribution is 2.34. The van der Waals surface area contributed by atoms with Gasteiger partial charge < -0.3 is 5.32 Å². The maximum Gasteiger partial charge on any atom is 0.248 e. The van der Waals surface area contributed by atoms with Crippen LogP contribution >= 0.6 is 0 Å². The summed E-state index contributed by atoms with van der Waals surface area (Å²) in [6, 6.07) is 10.8. The molecule has 1 N–H and O–H groups in total. The van der Waals surface area contributed by atoms with Gasteiger partial charge in [0.15, 0.2) is 0 Å². The Morgan fingerprint density at radius 1 is 1.03 bits per heavy atom. The van der Waals surface area contributed by atoms with Crippen LogP contribution in [0.4, 0.5) is 10.1 Å². The Hall–Kier alpha value is -2.78. The fraction of sp³-hybridized carbons (Fsp3) is 0.481. The molecule has 4 rings (SSSR count). The minimum Gasteiger partial charge on any atom is -0.351 e. The molecule has 0 aromatic heterocycles. The van der Waals surface area contributed by atoms with Crippen molar-refractivity contribution in [3.05, 3.63) is 65.5 Å². The molecule has 1 saturated carbocycles. The first kappa shape index (κ1) is 26.3. The molecule has 7 nitrogen and oxygen atoms in total. The van der Waals surface area contributed by atoms with E-state index in [1.54, 1.807) is 18.2 Å². The monoisotopic (exact) mass is 515 g/mol. The Labute approximate surface area is 212 Å². The minimum atomic E-state index is -3.65. The average molecular weight is 516 g/mol. The van der Waals surface area contributed by atoms with Gasteiger partial charge in [0, 0.05) is 18.3 Å². The second-order valence-corrected chi connectivity index (χ2v) is 11.8. The third-order valence-electron chi connectivity index (χ3n) is 7.18. The third-order valence-corrected chi connectivity index (χ3v) is 8.47. The maximum atomic E-state index is 14.4. The lowest BCUT2D eigenvalue weighted by molar-refractivity contribution is -0.128. The van der Waals surface area contributed by atoms with E-state index in [9.17, 15) is 22.4 Å². The van der Waals surface area contributed by atoms with Gasteiger partial charge in [-0.15, -0.1) is 0 Å². The smallest absolute Gasteiger partial charge is 0.248 e. The number of nitrogens with one attached hydrogen (secondary N) is 1. The standard InChI is InChI=1S/C27H34FN3O4S/c1-19-10-6-7-15-23(19)25(26(32)29-21-12-4-3-5-13-21)31(22-14-8-11-20(28)18-22)27(33)24-16-9-17-30(24)36(2,34)35/h6-8,10-11,14-15,18,21,24-25H,3-5,9,12-13,16-17H2,1-2H3,(H,29,32)/t24?,25-/m0/s1. The number of hydrogen-bond donors (Lipinski definition) is 1. The van der Waals surface area contributed by atoms with Crippen molar-refractivity contribution in [3.63, 3.8) is 0 Å². The van der Waals surface area contributed by atoms with E-state index in [0.29, 0.717) is 18.4 Å². The van der Waals surface area contributed by atoms with Crippen LogP contribution in [0.3, 0.4) is 0 Å². The van der Waals surface area contributed by atoms with Gasteiger partial charge in [-0.05, 0) is 61.9 Å². The van der Waals surface area contributed by atoms with E-state index < -0.39 is 33.8 Å². The van der Waals surface area contributed by atoms with Gasteiger partial charge in [-0.1, -0.05) is 49.6 Å². The predicted octanol–water partition coefficient (Wildman–Crippen LogP) is 4.08. The van der Waals surface area contributed by atoms with E-state index in [0.717, 1.165) is 43.9 Å². The number of halogens is 1. The van der Waals surface area contributed by atoms with Crippen molar-refractivity contribution >= 4 is 27.5 Å². The molecule has 0 radical (unpaired) electrons. The first-order valence-corrected chi connectivity index (χ1v) is 14.4. The molecule has 1 heterocycles. The minimum absolute atomic E-state index is 0.00114. The molecule has 2 aliphatic rings. The Balaban J connectivity index is 1.82. The first-order valence-electron chi connectivity index (χ1n) is 12.6. The van der Waals surface area contributed by atoms with Crippen molar-refractivity contribution in [2.75, 3.05) is 17.7 Å². The topological polar surface area (TPSA) is 86.8 Å². The number of anilines is 1. The summed E-state index contributed by atoms with van der Waals surface area (Å²) in [5.74, 6) is -1.43. The molecule has 1 saturated heterocycles. The fourth-order valence-electron chi connectivity index (χ4n) is 5.39. The van der Waals surface area contributed by atoms with Crippen LogP contribution in [0.1, 0.15) is 62.1 Å². The summed E-state index contributed by atoms with van der Waals surface area (Å²) in [6.45, 7) is 2.10. The number of benzene rings is 2. The molecule has 0 spiro atoms. The first-order chi connectivity index (χ1) is 17.2. The number of hydrogen-bond acceptors (Lipinski definition) is 4. The summed E-state index contributed by atoms with van der Waals surface area (Å²) in [4.78, 5) is 29.4. The highest BCUT2D eigenvalue weighted by atomic mass is 32.2. The van der Waals surface area contributed by atoms with Crippen molar-refractivity contribution in [1.82, 2.24) is 9.62 Å². The van der Waals surface area contributed by atoms with E-state index in [1.165, 1.54) is 27.4 Å². The van der Waals surface area contributed by atoms with Gasteiger partial charge in [0.25, 0.3) is 0 Å². The molecule has 1 unspecified atom stereocenters. The lowest BCUT2D eigenvalue weighted by Gasteiger charge is -2.36. The zero-order chi connectivity index (χ0) is 25.9. The lowest BCUT2D eigenvalue weighted by Crippen LogP contribution is -2.53. The molecule has 2 aromatic carbocycles. The van der Waals surface area contributed by atoms with E-state index >= 15 is 0 Å². The van der Waals surface area contributed by atoms with Crippen LogP contribution in [0.5, 0.6) is 0 Å². The normalized spacial score (nSPS) is 20.1. The zero-order valence-electron chi connectivity index (χ0n) is 20.8. The summed E-state index contributed by atoms with van der Waals surface area (Å²) >= 11 is 0. The largest absolute Gasteiger partial charge is 0.351 e. The molecule has 36 heavy (non-hydrogen) atoms. The number of sulfonamides is 1. The van der Waals surface area contributed by atoms with E-state index in [1.807, 2.05) is 19.1 Å². The quantitative estimate of drug-likeness (QED) is 0.602. The van der Waals surface area contributed by atoms with Crippen LogP contribution in [0, 0.1) is 12.7 Å². The van der Waals surface area contributed by atoms with Crippen LogP contribution in [-0.4, -0.2) is 49.4 Å². The lowest BCUT2D eigenvalue weighted by atomic mass is 9.93. The number of amides is 2. The van der Waals surface area contributed by atoms with Crippen LogP contribution in [-0.2, 0) is 19.6 Å². The summed E-state index contributed by atoms with van der Waals surface area (Å²) in [5.41, 5.74) is 1.64. The van der Waals surface area contributed by atoms with Crippen molar-refractivity contribution in [2.24, 2.45) is 0 Å². The van der Waals surface area contributed by atoms with Crippen molar-refractivity contribution < 1.29 is 22.4 Å². The molecular formula is C27H34FN3O4S. The molecule has 194 valence electrons. The third kappa shape index (κ3) is 5.78. The zero-order valence-corrected chi connectivity index (χ0v) is 21.6. The summed E-state index contributed by atoms with van der Waals surface area (Å²) in [6.07, 6.45) is 6.86. The van der Waals surface area contributed by atoms with E-state index in [4.69, 9.17) is 0 Å². The fourth-order valence-corrected chi connectivity index (χ4v) is 6.51. The molecule has 2 fully saturated rings. The molecule has 1 aliphatic carbocycles. The molecule has 0 bridgehead atoms. The van der Waals surface area contributed by atoms with Crippen LogP contribution in [0.2, 0.25) is 0 Å². The molecule has 2 aromatic rings. The van der Waals surface area contributed by atoms with E-state index in [2.05, 4.69) is 5.32 Å². The van der Waals surface area contributed by atoms with Gasteiger partial charge in [0.2, 0.25) is 21.8 Å². The van der Waals surface area contributed by atoms with Crippen molar-refractivity contribution in [2.45, 2.75) is 70.0 Å². The summed E-state index contributed by atoms with van der Waals surface area (Å²) < 4.78 is 40.5. The SMILES string of the molecule is Cc1ccccc1[C@@H](C(=O)NC1CCCCC1)N(C(=O)C1CCCN1S(C)(=O)=O)c1cccc(F)c1. The average Bonchev–Trinajstić information content (AvgIpc) is 3.34. The molecule has 9 heteroatoms. The van der Waals surface area contributed by atoms with E-state index in [-0.39, 0.29) is 24.2 Å². The highest BCUT2D eigenvalue weighted by Gasteiger charge is 2.43. The van der Waals surface area contributed by atoms with Crippen LogP contribution in [0.15, 0.2) is 48.5 Å². The Morgan fingerprint density at radius 2 is 1.75 bits per heavy atom. The second kappa shape index (κ2) is 11.1. The van der Waals surface area contributed by atoms with Crippen LogP contribution in [0.25, 0.3) is 0 Å². The number of aryl methyl sites for hydroxylation is 1. The van der Waals surface area contributed by atoms with Crippen LogP contribution < -0.4 is 10.2 Å². The highest BCUT2D eigenvalue weighted by molar-refractivity contribution is 7.88. The van der Waals surface area contributed by atoms with Gasteiger partial charge >= 0.3 is 0 Å². The second-order valence-electron chi connectivity index (χ2n) is 9.82. The summed E-state index contributed by atoms with van der Waals surface area (Å²) in [5, 5.41) is 3.14. The number of rotatable bonds is 7. The Bertz CT molecular complexity index is 1210. The van der Waals surface area contributed by atoms with Gasteiger partial charge in [0.1, 0.15) is 17.9 Å². The summed E-state index contributed by atoms with van der Waals surface area (Å²) in [7, 11) is -3.65. The molecular weight excluding hydrogens is 481 g/mol. The number of carbonyl (C=O) groups excluding carboxylic acids is 2. The molecule has 2 atom stereocenters. The van der Waals surface area contributed by atoms with Gasteiger partial charge in [-0.25, -0.2) is 12.8 Å². The number of nitrogens with zero attached hydrogens (tertiary/aromatic N) is 2. The Morgan fingerprint density at radius 3 is 2.42 bits per heavy atom.